The zero-order valence-electron chi connectivity index (χ0n) is 34.1. The average Bonchev–Trinajstić information content (AvgIpc) is 3.59. The van der Waals surface area contributed by atoms with Crippen molar-refractivity contribution in [1.82, 2.24) is 30.3 Å². The molecular formula is C47H58N6O5S. The van der Waals surface area contributed by atoms with Crippen LogP contribution in [0.5, 0.6) is 0 Å². The number of amides is 5. The van der Waals surface area contributed by atoms with Crippen molar-refractivity contribution in [3.63, 3.8) is 0 Å². The number of hydrogen-bond donors (Lipinski definition) is 2. The Morgan fingerprint density at radius 1 is 0.881 bits per heavy atom. The summed E-state index contributed by atoms with van der Waals surface area (Å²) in [5, 5.41) is 5.34. The minimum atomic E-state index is -0.580. The summed E-state index contributed by atoms with van der Waals surface area (Å²) < 4.78 is 0. The minimum absolute atomic E-state index is 0.0789. The summed E-state index contributed by atoms with van der Waals surface area (Å²) in [6, 6.07) is 17.6. The number of nitrogens with zero attached hydrogens (tertiary/aromatic N) is 4. The molecule has 12 heteroatoms. The molecule has 4 aliphatic heterocycles. The lowest BCUT2D eigenvalue weighted by Gasteiger charge is -2.33. The van der Waals surface area contributed by atoms with Gasteiger partial charge in [0.1, 0.15) is 6.04 Å². The third-order valence-corrected chi connectivity index (χ3v) is 13.5. The molecular weight excluding hydrogens is 761 g/mol. The van der Waals surface area contributed by atoms with E-state index < -0.39 is 6.04 Å². The SMILES string of the molecule is O=C(/C=C/c1cccnc1)NCCCCC1CCN(C(=O)c2ccc(C3CCN(CCCCCSc4ccc5c(c4)CN(C4CCC(=O)NC4=O)C5=O)CC3)cc2)CC1. The number of piperidine rings is 3. The van der Waals surface area contributed by atoms with Crippen molar-refractivity contribution in [2.45, 2.75) is 100 Å². The summed E-state index contributed by atoms with van der Waals surface area (Å²) in [7, 11) is 0. The zero-order valence-corrected chi connectivity index (χ0v) is 34.9. The molecule has 0 radical (unpaired) electrons. The van der Waals surface area contributed by atoms with Crippen LogP contribution in [-0.2, 0) is 20.9 Å². The fraction of sp³-hybridized carbons (Fsp3) is 0.489. The van der Waals surface area contributed by atoms with Crippen LogP contribution in [0.4, 0.5) is 0 Å². The molecule has 7 rings (SSSR count). The first kappa shape index (κ1) is 42.3. The first-order valence-corrected chi connectivity index (χ1v) is 22.7. The van der Waals surface area contributed by atoms with Crippen LogP contribution in [0, 0.1) is 5.92 Å². The van der Waals surface area contributed by atoms with Crippen LogP contribution in [0.15, 0.2) is 78.0 Å². The van der Waals surface area contributed by atoms with Crippen LogP contribution in [0.2, 0.25) is 0 Å². The third-order valence-electron chi connectivity index (χ3n) is 12.5. The average molecular weight is 819 g/mol. The second-order valence-corrected chi connectivity index (χ2v) is 17.7. The molecule has 59 heavy (non-hydrogen) atoms. The van der Waals surface area contributed by atoms with Gasteiger partial charge in [-0.1, -0.05) is 37.5 Å². The Kier molecular flexibility index (Phi) is 15.0. The van der Waals surface area contributed by atoms with E-state index in [9.17, 15) is 24.0 Å². The number of carbonyl (C=O) groups is 5. The van der Waals surface area contributed by atoms with Crippen molar-refractivity contribution in [2.24, 2.45) is 5.92 Å². The number of aromatic nitrogens is 1. The number of carbonyl (C=O) groups excluding carboxylic acids is 5. The molecule has 4 aliphatic rings. The van der Waals surface area contributed by atoms with E-state index in [0.29, 0.717) is 36.9 Å². The number of fused-ring (bicyclic) bond motifs is 1. The van der Waals surface area contributed by atoms with E-state index in [-0.39, 0.29) is 36.0 Å². The standard InChI is InChI=1S/C47H58N6O5S/c54-43(17-9-35-8-6-23-48-32-35)49-24-3-2-7-34-19-28-52(29-20-34)46(57)38-12-10-36(11-13-38)37-21-26-51(27-22-37)25-4-1-5-30-59-40-14-15-41-39(31-40)33-53(47(41)58)42-16-18-44(55)50-45(42)56/h6,8-15,17,23,31-32,34,37,42H,1-5,7,16,18-22,24-30,33H2,(H,49,54)(H,50,55,56)/b17-9+. The van der Waals surface area contributed by atoms with Gasteiger partial charge in [-0.3, -0.25) is 34.3 Å². The second-order valence-electron chi connectivity index (χ2n) is 16.5. The van der Waals surface area contributed by atoms with E-state index in [1.54, 1.807) is 29.4 Å². The number of thioether (sulfide) groups is 1. The van der Waals surface area contributed by atoms with Crippen molar-refractivity contribution in [2.75, 3.05) is 45.0 Å². The molecule has 0 saturated carbocycles. The highest BCUT2D eigenvalue weighted by Gasteiger charge is 2.39. The lowest BCUT2D eigenvalue weighted by atomic mass is 9.88. The monoisotopic (exact) mass is 818 g/mol. The lowest BCUT2D eigenvalue weighted by Crippen LogP contribution is -2.52. The summed E-state index contributed by atoms with van der Waals surface area (Å²) in [6.07, 6.45) is 18.5. The van der Waals surface area contributed by atoms with E-state index in [1.807, 2.05) is 53.1 Å². The molecule has 5 heterocycles. The molecule has 5 amide bonds. The molecule has 0 bridgehead atoms. The van der Waals surface area contributed by atoms with Gasteiger partial charge in [-0.2, -0.15) is 0 Å². The van der Waals surface area contributed by atoms with Gasteiger partial charge in [0.25, 0.3) is 11.8 Å². The largest absolute Gasteiger partial charge is 0.353 e. The first-order chi connectivity index (χ1) is 28.8. The van der Waals surface area contributed by atoms with Crippen molar-refractivity contribution in [1.29, 1.82) is 0 Å². The fourth-order valence-corrected chi connectivity index (χ4v) is 9.89. The molecule has 0 aliphatic carbocycles. The lowest BCUT2D eigenvalue weighted by molar-refractivity contribution is -0.137. The minimum Gasteiger partial charge on any atom is -0.353 e. The molecule has 2 aromatic carbocycles. The third kappa shape index (κ3) is 11.7. The maximum Gasteiger partial charge on any atom is 0.255 e. The quantitative estimate of drug-likeness (QED) is 0.0656. The smallest absolute Gasteiger partial charge is 0.255 e. The number of rotatable bonds is 17. The van der Waals surface area contributed by atoms with Crippen molar-refractivity contribution in [3.05, 3.63) is 101 Å². The van der Waals surface area contributed by atoms with Crippen LogP contribution < -0.4 is 10.6 Å². The number of unbranched alkanes of at least 4 members (excludes halogenated alkanes) is 3. The number of benzene rings is 2. The summed E-state index contributed by atoms with van der Waals surface area (Å²) >= 11 is 1.82. The molecule has 2 N–H and O–H groups in total. The van der Waals surface area contributed by atoms with E-state index in [0.717, 1.165) is 111 Å². The molecule has 1 unspecified atom stereocenters. The number of imide groups is 1. The van der Waals surface area contributed by atoms with Crippen molar-refractivity contribution in [3.8, 4) is 0 Å². The maximum atomic E-state index is 13.3. The molecule has 3 saturated heterocycles. The Morgan fingerprint density at radius 3 is 2.46 bits per heavy atom. The van der Waals surface area contributed by atoms with Crippen LogP contribution in [0.3, 0.4) is 0 Å². The van der Waals surface area contributed by atoms with Gasteiger partial charge >= 0.3 is 0 Å². The predicted molar refractivity (Wildman–Crippen MR) is 231 cm³/mol. The Labute approximate surface area is 352 Å². The molecule has 0 spiro atoms. The molecule has 3 aromatic rings. The van der Waals surface area contributed by atoms with E-state index in [1.165, 1.54) is 18.4 Å². The first-order valence-electron chi connectivity index (χ1n) is 21.7. The molecule has 312 valence electrons. The molecule has 3 fully saturated rings. The maximum absolute atomic E-state index is 13.3. The van der Waals surface area contributed by atoms with Gasteiger partial charge in [-0.05, 0) is 148 Å². The van der Waals surface area contributed by atoms with Gasteiger partial charge in [0.15, 0.2) is 0 Å². The van der Waals surface area contributed by atoms with E-state index in [4.69, 9.17) is 0 Å². The zero-order chi connectivity index (χ0) is 41.0. The molecule has 11 nitrogen and oxygen atoms in total. The highest BCUT2D eigenvalue weighted by Crippen LogP contribution is 2.32. The number of nitrogens with one attached hydrogen (secondary N) is 2. The van der Waals surface area contributed by atoms with Gasteiger partial charge in [-0.25, -0.2) is 0 Å². The van der Waals surface area contributed by atoms with Gasteiger partial charge in [0.2, 0.25) is 17.7 Å². The fourth-order valence-electron chi connectivity index (χ4n) is 8.91. The Balaban J connectivity index is 0.725. The van der Waals surface area contributed by atoms with Crippen LogP contribution in [0.25, 0.3) is 6.08 Å². The van der Waals surface area contributed by atoms with Crippen molar-refractivity contribution >= 4 is 47.4 Å². The number of hydrogen-bond acceptors (Lipinski definition) is 8. The second kappa shape index (κ2) is 20.9. The number of likely N-dealkylation sites (tertiary alicyclic amines) is 2. The Bertz CT molecular complexity index is 1960. The van der Waals surface area contributed by atoms with E-state index in [2.05, 4.69) is 38.7 Å². The highest BCUT2D eigenvalue weighted by molar-refractivity contribution is 7.99. The topological polar surface area (TPSA) is 132 Å². The van der Waals surface area contributed by atoms with Gasteiger partial charge in [0, 0.05) is 67.1 Å². The van der Waals surface area contributed by atoms with Crippen LogP contribution in [-0.4, -0.2) is 100 Å². The van der Waals surface area contributed by atoms with Gasteiger partial charge < -0.3 is 20.0 Å². The van der Waals surface area contributed by atoms with Crippen LogP contribution >= 0.6 is 11.8 Å². The summed E-state index contributed by atoms with van der Waals surface area (Å²) in [5.41, 5.74) is 4.66. The summed E-state index contributed by atoms with van der Waals surface area (Å²) in [5.74, 6) is 1.49. The van der Waals surface area contributed by atoms with Crippen molar-refractivity contribution < 1.29 is 24.0 Å². The summed E-state index contributed by atoms with van der Waals surface area (Å²) in [4.78, 5) is 73.7. The molecule has 1 atom stereocenters. The normalized spacial score (nSPS) is 19.3. The van der Waals surface area contributed by atoms with E-state index >= 15 is 0 Å². The Hall–Kier alpha value is -4.81. The highest BCUT2D eigenvalue weighted by atomic mass is 32.2. The predicted octanol–water partition coefficient (Wildman–Crippen LogP) is 6.84. The van der Waals surface area contributed by atoms with Gasteiger partial charge in [0.05, 0.1) is 0 Å². The van der Waals surface area contributed by atoms with Crippen LogP contribution in [0.1, 0.15) is 120 Å². The molecule has 1 aromatic heterocycles. The summed E-state index contributed by atoms with van der Waals surface area (Å²) in [6.45, 7) is 6.05. The number of pyridine rings is 1. The van der Waals surface area contributed by atoms with Gasteiger partial charge in [-0.15, -0.1) is 11.8 Å². The Morgan fingerprint density at radius 2 is 1.69 bits per heavy atom.